The van der Waals surface area contributed by atoms with E-state index in [0.717, 1.165) is 31.6 Å². The summed E-state index contributed by atoms with van der Waals surface area (Å²) in [5, 5.41) is 5.18. The molecule has 0 bridgehead atoms. The quantitative estimate of drug-likeness (QED) is 0.571. The minimum absolute atomic E-state index is 0.00620. The van der Waals surface area contributed by atoms with Gasteiger partial charge in [-0.15, -0.1) is 0 Å². The first-order chi connectivity index (χ1) is 14.8. The number of hydrogen-bond acceptors (Lipinski definition) is 4. The maximum absolute atomic E-state index is 12.8. The lowest BCUT2D eigenvalue weighted by Crippen LogP contribution is -2.32. The summed E-state index contributed by atoms with van der Waals surface area (Å²) in [6, 6.07) is 22.1. The molecule has 0 aliphatic carbocycles. The molecular formula is C24H23ClN2O3S. The van der Waals surface area contributed by atoms with Gasteiger partial charge in [0.15, 0.2) is 5.78 Å². The summed E-state index contributed by atoms with van der Waals surface area (Å²) in [4.78, 5) is 14.9. The van der Waals surface area contributed by atoms with E-state index in [1.165, 1.54) is 23.8 Å². The van der Waals surface area contributed by atoms with Crippen molar-refractivity contribution >= 4 is 33.1 Å². The molecule has 3 aromatic carbocycles. The van der Waals surface area contributed by atoms with Gasteiger partial charge < -0.3 is 4.90 Å². The first kappa shape index (κ1) is 21.6. The van der Waals surface area contributed by atoms with Crippen LogP contribution in [-0.2, 0) is 10.0 Å². The van der Waals surface area contributed by atoms with Crippen molar-refractivity contribution in [3.8, 4) is 0 Å². The zero-order valence-electron chi connectivity index (χ0n) is 16.9. The number of hydrogen-bond donors (Lipinski definition) is 1. The summed E-state index contributed by atoms with van der Waals surface area (Å²) in [6.07, 6.45) is 2.18. The van der Waals surface area contributed by atoms with Gasteiger partial charge in [0.05, 0.1) is 5.02 Å². The highest BCUT2D eigenvalue weighted by atomic mass is 35.5. The Balaban J connectivity index is 1.46. The van der Waals surface area contributed by atoms with Crippen LogP contribution in [0.1, 0.15) is 40.2 Å². The summed E-state index contributed by atoms with van der Waals surface area (Å²) in [5.41, 5.74) is 3.17. The number of halogens is 1. The van der Waals surface area contributed by atoms with Crippen molar-refractivity contribution in [2.24, 2.45) is 5.14 Å². The van der Waals surface area contributed by atoms with E-state index >= 15 is 0 Å². The highest BCUT2D eigenvalue weighted by Gasteiger charge is 2.21. The summed E-state index contributed by atoms with van der Waals surface area (Å²) >= 11 is 5.91. The normalized spacial score (nSPS) is 15.1. The van der Waals surface area contributed by atoms with Crippen LogP contribution in [-0.4, -0.2) is 27.3 Å². The number of anilines is 1. The van der Waals surface area contributed by atoms with Crippen LogP contribution in [0.3, 0.4) is 0 Å². The van der Waals surface area contributed by atoms with Gasteiger partial charge in [-0.05, 0) is 66.8 Å². The predicted octanol–water partition coefficient (Wildman–Crippen LogP) is 4.60. The Morgan fingerprint density at radius 3 is 2.13 bits per heavy atom. The number of piperidine rings is 1. The second kappa shape index (κ2) is 8.83. The van der Waals surface area contributed by atoms with Crippen molar-refractivity contribution in [1.29, 1.82) is 0 Å². The molecule has 160 valence electrons. The average Bonchev–Trinajstić information content (AvgIpc) is 2.79. The summed E-state index contributed by atoms with van der Waals surface area (Å²) in [7, 11) is -4.01. The van der Waals surface area contributed by atoms with Crippen LogP contribution in [0.25, 0.3) is 0 Å². The molecule has 2 N–H and O–H groups in total. The number of sulfonamides is 1. The van der Waals surface area contributed by atoms with Crippen molar-refractivity contribution in [1.82, 2.24) is 0 Å². The Kier molecular flexibility index (Phi) is 6.14. The molecule has 1 saturated heterocycles. The zero-order valence-corrected chi connectivity index (χ0v) is 18.4. The van der Waals surface area contributed by atoms with Gasteiger partial charge in [0.1, 0.15) is 4.90 Å². The minimum Gasteiger partial charge on any atom is -0.371 e. The Morgan fingerprint density at radius 2 is 1.52 bits per heavy atom. The molecule has 7 heteroatoms. The first-order valence-electron chi connectivity index (χ1n) is 10.1. The molecule has 1 aliphatic rings. The van der Waals surface area contributed by atoms with Crippen LogP contribution in [0, 0.1) is 0 Å². The Labute approximate surface area is 187 Å². The van der Waals surface area contributed by atoms with Crippen LogP contribution in [0.4, 0.5) is 5.69 Å². The third-order valence-electron chi connectivity index (χ3n) is 5.76. The lowest BCUT2D eigenvalue weighted by Gasteiger charge is -2.34. The summed E-state index contributed by atoms with van der Waals surface area (Å²) in [6.45, 7) is 1.92. The third-order valence-corrected chi connectivity index (χ3v) is 7.15. The number of carbonyl (C=O) groups is 1. The van der Waals surface area contributed by atoms with Gasteiger partial charge >= 0.3 is 0 Å². The molecule has 0 spiro atoms. The topological polar surface area (TPSA) is 80.5 Å². The fourth-order valence-corrected chi connectivity index (χ4v) is 5.12. The molecule has 0 radical (unpaired) electrons. The lowest BCUT2D eigenvalue weighted by atomic mass is 9.89. The number of primary sulfonamides is 1. The van der Waals surface area contributed by atoms with E-state index in [2.05, 4.69) is 29.2 Å². The van der Waals surface area contributed by atoms with Gasteiger partial charge in [0.2, 0.25) is 10.0 Å². The van der Waals surface area contributed by atoms with Crippen LogP contribution < -0.4 is 10.0 Å². The monoisotopic (exact) mass is 454 g/mol. The van der Waals surface area contributed by atoms with E-state index in [1.807, 2.05) is 18.2 Å². The molecule has 0 aromatic heterocycles. The average molecular weight is 455 g/mol. The SMILES string of the molecule is NS(=O)(=O)c1cc(C(=O)c2ccc(N3CCC(c4ccccc4)CC3)cc2)ccc1Cl. The number of carbonyl (C=O) groups excluding carboxylic acids is 1. The maximum atomic E-state index is 12.8. The van der Waals surface area contributed by atoms with E-state index in [9.17, 15) is 13.2 Å². The largest absolute Gasteiger partial charge is 0.371 e. The minimum atomic E-state index is -4.01. The van der Waals surface area contributed by atoms with Crippen LogP contribution in [0.2, 0.25) is 5.02 Å². The van der Waals surface area contributed by atoms with E-state index in [4.69, 9.17) is 16.7 Å². The van der Waals surface area contributed by atoms with E-state index in [1.54, 1.807) is 12.1 Å². The predicted molar refractivity (Wildman–Crippen MR) is 123 cm³/mol. The Hall–Kier alpha value is -2.67. The Morgan fingerprint density at radius 1 is 0.903 bits per heavy atom. The number of ketones is 1. The molecule has 4 rings (SSSR count). The number of nitrogens with zero attached hydrogens (tertiary/aromatic N) is 1. The maximum Gasteiger partial charge on any atom is 0.239 e. The molecule has 0 saturated carbocycles. The molecule has 1 heterocycles. The van der Waals surface area contributed by atoms with Gasteiger partial charge in [0.25, 0.3) is 0 Å². The molecule has 0 atom stereocenters. The van der Waals surface area contributed by atoms with Crippen LogP contribution >= 0.6 is 11.6 Å². The molecular weight excluding hydrogens is 432 g/mol. The standard InChI is InChI=1S/C24H23ClN2O3S/c25-22-11-8-20(16-23(22)31(26,29)30)24(28)19-6-9-21(10-7-19)27-14-12-18(13-15-27)17-4-2-1-3-5-17/h1-11,16,18H,12-15H2,(H2,26,29,30). The fraction of sp³-hybridized carbons (Fsp3) is 0.208. The number of nitrogens with two attached hydrogens (primary N) is 1. The first-order valence-corrected chi connectivity index (χ1v) is 12.0. The smallest absolute Gasteiger partial charge is 0.239 e. The zero-order chi connectivity index (χ0) is 22.0. The van der Waals surface area contributed by atoms with Crippen molar-refractivity contribution < 1.29 is 13.2 Å². The molecule has 31 heavy (non-hydrogen) atoms. The molecule has 3 aromatic rings. The molecule has 5 nitrogen and oxygen atoms in total. The number of rotatable bonds is 5. The van der Waals surface area contributed by atoms with E-state index in [-0.39, 0.29) is 21.3 Å². The second-order valence-corrected chi connectivity index (χ2v) is 9.68. The van der Waals surface area contributed by atoms with Crippen molar-refractivity contribution in [2.45, 2.75) is 23.7 Å². The van der Waals surface area contributed by atoms with Gasteiger partial charge in [-0.1, -0.05) is 41.9 Å². The third kappa shape index (κ3) is 4.82. The fourth-order valence-electron chi connectivity index (χ4n) is 4.05. The summed E-state index contributed by atoms with van der Waals surface area (Å²) in [5.74, 6) is 0.298. The highest BCUT2D eigenvalue weighted by Crippen LogP contribution is 2.30. The van der Waals surface area contributed by atoms with E-state index < -0.39 is 10.0 Å². The van der Waals surface area contributed by atoms with Gasteiger partial charge in [-0.25, -0.2) is 13.6 Å². The lowest BCUT2D eigenvalue weighted by molar-refractivity contribution is 0.103. The highest BCUT2D eigenvalue weighted by molar-refractivity contribution is 7.89. The molecule has 1 fully saturated rings. The van der Waals surface area contributed by atoms with Crippen LogP contribution in [0.15, 0.2) is 77.7 Å². The van der Waals surface area contributed by atoms with Crippen molar-refractivity contribution in [2.75, 3.05) is 18.0 Å². The molecule has 0 unspecified atom stereocenters. The molecule has 1 aliphatic heterocycles. The Bertz CT molecular complexity index is 1190. The van der Waals surface area contributed by atoms with Gasteiger partial charge in [-0.2, -0.15) is 0 Å². The van der Waals surface area contributed by atoms with Gasteiger partial charge in [-0.3, -0.25) is 4.79 Å². The summed E-state index contributed by atoms with van der Waals surface area (Å²) < 4.78 is 23.3. The second-order valence-electron chi connectivity index (χ2n) is 7.74. The van der Waals surface area contributed by atoms with Crippen molar-refractivity contribution in [3.63, 3.8) is 0 Å². The molecule has 0 amide bonds. The van der Waals surface area contributed by atoms with Crippen LogP contribution in [0.5, 0.6) is 0 Å². The van der Waals surface area contributed by atoms with Gasteiger partial charge in [0, 0.05) is 29.9 Å². The van der Waals surface area contributed by atoms with Crippen molar-refractivity contribution in [3.05, 3.63) is 94.5 Å². The van der Waals surface area contributed by atoms with E-state index in [0.29, 0.717) is 11.5 Å². The number of benzene rings is 3.